The Kier molecular flexibility index (Phi) is 3.97. The van der Waals surface area contributed by atoms with Crippen molar-refractivity contribution in [3.8, 4) is 0 Å². The predicted octanol–water partition coefficient (Wildman–Crippen LogP) is 3.26. The summed E-state index contributed by atoms with van der Waals surface area (Å²) in [6, 6.07) is 6.05. The highest BCUT2D eigenvalue weighted by Gasteiger charge is 2.32. The van der Waals surface area contributed by atoms with E-state index < -0.39 is 5.92 Å². The van der Waals surface area contributed by atoms with Gasteiger partial charge in [0, 0.05) is 16.4 Å². The molecule has 0 atom stereocenters. The maximum Gasteiger partial charge on any atom is 0.147 e. The van der Waals surface area contributed by atoms with Crippen LogP contribution in [0.1, 0.15) is 43.2 Å². The summed E-state index contributed by atoms with van der Waals surface area (Å²) >= 11 is 2.23. The molecular formula is C14H15IO2. The van der Waals surface area contributed by atoms with Crippen LogP contribution in [0.25, 0.3) is 0 Å². The number of benzene rings is 1. The second-order valence-corrected chi connectivity index (χ2v) is 5.66. The highest BCUT2D eigenvalue weighted by atomic mass is 127. The van der Waals surface area contributed by atoms with Gasteiger partial charge in [-0.1, -0.05) is 13.0 Å². The number of rotatable bonds is 2. The maximum atomic E-state index is 12.0. The summed E-state index contributed by atoms with van der Waals surface area (Å²) in [5.41, 5.74) is 2.06. The molecule has 3 heteroatoms. The van der Waals surface area contributed by atoms with Gasteiger partial charge in [0.2, 0.25) is 0 Å². The average molecular weight is 342 g/mol. The Bertz CT molecular complexity index is 449. The zero-order valence-corrected chi connectivity index (χ0v) is 12.0. The van der Waals surface area contributed by atoms with Gasteiger partial charge in [-0.3, -0.25) is 9.59 Å². The minimum Gasteiger partial charge on any atom is -0.299 e. The van der Waals surface area contributed by atoms with Crippen LogP contribution in [0.3, 0.4) is 0 Å². The van der Waals surface area contributed by atoms with Crippen molar-refractivity contribution < 1.29 is 9.59 Å². The number of hydrogen-bond donors (Lipinski definition) is 0. The average Bonchev–Trinajstić information content (AvgIpc) is 2.29. The van der Waals surface area contributed by atoms with Crippen molar-refractivity contribution in [3.05, 3.63) is 32.9 Å². The third-order valence-corrected chi connectivity index (χ3v) is 3.96. The van der Waals surface area contributed by atoms with Crippen LogP contribution in [0.15, 0.2) is 18.2 Å². The molecule has 2 rings (SSSR count). The molecule has 0 heterocycles. The Balaban J connectivity index is 2.47. The van der Waals surface area contributed by atoms with E-state index in [0.717, 1.165) is 27.5 Å². The normalized spacial score (nSPS) is 17.5. The first-order valence-electron chi connectivity index (χ1n) is 5.97. The van der Waals surface area contributed by atoms with E-state index >= 15 is 0 Å². The number of hydrogen-bond acceptors (Lipinski definition) is 2. The highest BCUT2D eigenvalue weighted by molar-refractivity contribution is 14.1. The van der Waals surface area contributed by atoms with Crippen molar-refractivity contribution in [2.45, 2.75) is 38.5 Å². The summed E-state index contributed by atoms with van der Waals surface area (Å²) < 4.78 is 1.08. The van der Waals surface area contributed by atoms with E-state index in [2.05, 4.69) is 29.5 Å². The van der Waals surface area contributed by atoms with Gasteiger partial charge < -0.3 is 0 Å². The van der Waals surface area contributed by atoms with Crippen LogP contribution in [-0.2, 0) is 16.0 Å². The molecule has 0 spiro atoms. The van der Waals surface area contributed by atoms with Gasteiger partial charge in [0.25, 0.3) is 0 Å². The van der Waals surface area contributed by atoms with Gasteiger partial charge in [-0.05, 0) is 58.7 Å². The molecule has 1 aromatic rings. The van der Waals surface area contributed by atoms with Crippen molar-refractivity contribution in [2.75, 3.05) is 0 Å². The smallest absolute Gasteiger partial charge is 0.147 e. The van der Waals surface area contributed by atoms with Crippen molar-refractivity contribution in [2.24, 2.45) is 0 Å². The third-order valence-electron chi connectivity index (χ3n) is 3.29. The first kappa shape index (κ1) is 12.7. The molecule has 0 saturated heterocycles. The van der Waals surface area contributed by atoms with E-state index in [1.54, 1.807) is 0 Å². The fraction of sp³-hybridized carbons (Fsp3) is 0.429. The van der Waals surface area contributed by atoms with Crippen LogP contribution in [0.2, 0.25) is 0 Å². The number of carbonyl (C=O) groups is 2. The lowest BCUT2D eigenvalue weighted by Crippen LogP contribution is -2.27. The lowest BCUT2D eigenvalue weighted by atomic mass is 9.80. The van der Waals surface area contributed by atoms with Crippen LogP contribution in [0, 0.1) is 3.57 Å². The van der Waals surface area contributed by atoms with Gasteiger partial charge in [0.1, 0.15) is 17.5 Å². The SMILES string of the molecule is CCc1ccc(I)cc1C1C(=O)CCCC1=O. The molecule has 2 nitrogen and oxygen atoms in total. The van der Waals surface area contributed by atoms with Gasteiger partial charge in [0.15, 0.2) is 0 Å². The summed E-state index contributed by atoms with van der Waals surface area (Å²) in [6.45, 7) is 2.06. The molecule has 90 valence electrons. The Morgan fingerprint density at radius 2 is 1.88 bits per heavy atom. The lowest BCUT2D eigenvalue weighted by molar-refractivity contribution is -0.131. The van der Waals surface area contributed by atoms with Crippen LogP contribution in [-0.4, -0.2) is 11.6 Å². The van der Waals surface area contributed by atoms with Crippen molar-refractivity contribution in [1.82, 2.24) is 0 Å². The van der Waals surface area contributed by atoms with Crippen LogP contribution >= 0.6 is 22.6 Å². The standard InChI is InChI=1S/C14H15IO2/c1-2-9-6-7-10(15)8-11(9)14-12(16)4-3-5-13(14)17/h6-8,14H,2-5H2,1H3. The zero-order chi connectivity index (χ0) is 12.4. The van der Waals surface area contributed by atoms with Gasteiger partial charge in [-0.15, -0.1) is 0 Å². The number of halogens is 1. The van der Waals surface area contributed by atoms with Crippen LogP contribution in [0.5, 0.6) is 0 Å². The first-order chi connectivity index (χ1) is 8.13. The fourth-order valence-electron chi connectivity index (χ4n) is 2.41. The monoisotopic (exact) mass is 342 g/mol. The quantitative estimate of drug-likeness (QED) is 0.611. The molecular weight excluding hydrogens is 327 g/mol. The van der Waals surface area contributed by atoms with Gasteiger partial charge in [0.05, 0.1) is 0 Å². The minimum absolute atomic E-state index is 0.0953. The number of Topliss-reactive ketones (excluding diaryl/α,β-unsaturated/α-hetero) is 2. The van der Waals surface area contributed by atoms with Crippen LogP contribution in [0.4, 0.5) is 0 Å². The largest absolute Gasteiger partial charge is 0.299 e. The molecule has 0 radical (unpaired) electrons. The summed E-state index contributed by atoms with van der Waals surface area (Å²) in [4.78, 5) is 23.9. The topological polar surface area (TPSA) is 34.1 Å². The lowest BCUT2D eigenvalue weighted by Gasteiger charge is -2.22. The molecule has 1 saturated carbocycles. The number of aryl methyl sites for hydroxylation is 1. The molecule has 0 aromatic heterocycles. The molecule has 1 aliphatic rings. The van der Waals surface area contributed by atoms with Crippen molar-refractivity contribution in [3.63, 3.8) is 0 Å². The molecule has 0 N–H and O–H groups in total. The molecule has 0 aliphatic heterocycles. The van der Waals surface area contributed by atoms with Gasteiger partial charge >= 0.3 is 0 Å². The second-order valence-electron chi connectivity index (χ2n) is 4.42. The second kappa shape index (κ2) is 5.29. The van der Waals surface area contributed by atoms with Crippen LogP contribution < -0.4 is 0 Å². The molecule has 17 heavy (non-hydrogen) atoms. The minimum atomic E-state index is -0.492. The van der Waals surface area contributed by atoms with E-state index in [1.807, 2.05) is 18.2 Å². The molecule has 1 fully saturated rings. The van der Waals surface area contributed by atoms with Crippen molar-refractivity contribution >= 4 is 34.2 Å². The zero-order valence-electron chi connectivity index (χ0n) is 9.83. The third kappa shape index (κ3) is 2.59. The first-order valence-corrected chi connectivity index (χ1v) is 7.05. The Hall–Kier alpha value is -0.710. The predicted molar refractivity (Wildman–Crippen MR) is 75.1 cm³/mol. The molecule has 1 aromatic carbocycles. The van der Waals surface area contributed by atoms with E-state index in [9.17, 15) is 9.59 Å². The van der Waals surface area contributed by atoms with Gasteiger partial charge in [-0.2, -0.15) is 0 Å². The summed E-state index contributed by atoms with van der Waals surface area (Å²) in [5, 5.41) is 0. The van der Waals surface area contributed by atoms with E-state index in [4.69, 9.17) is 0 Å². The Morgan fingerprint density at radius 3 is 2.47 bits per heavy atom. The van der Waals surface area contributed by atoms with Crippen molar-refractivity contribution in [1.29, 1.82) is 0 Å². The van der Waals surface area contributed by atoms with E-state index in [-0.39, 0.29) is 11.6 Å². The Morgan fingerprint density at radius 1 is 1.24 bits per heavy atom. The summed E-state index contributed by atoms with van der Waals surface area (Å²) in [7, 11) is 0. The maximum absolute atomic E-state index is 12.0. The number of ketones is 2. The molecule has 0 unspecified atom stereocenters. The summed E-state index contributed by atoms with van der Waals surface area (Å²) in [5.74, 6) is -0.302. The summed E-state index contributed by atoms with van der Waals surface area (Å²) in [6.07, 6.45) is 2.68. The molecule has 0 amide bonds. The Labute approximate surface area is 115 Å². The van der Waals surface area contributed by atoms with E-state index in [1.165, 1.54) is 0 Å². The molecule has 0 bridgehead atoms. The van der Waals surface area contributed by atoms with Gasteiger partial charge in [-0.25, -0.2) is 0 Å². The number of carbonyl (C=O) groups excluding carboxylic acids is 2. The molecule has 1 aliphatic carbocycles. The highest BCUT2D eigenvalue weighted by Crippen LogP contribution is 2.30. The fourth-order valence-corrected chi connectivity index (χ4v) is 2.92. The van der Waals surface area contributed by atoms with E-state index in [0.29, 0.717) is 12.8 Å².